The summed E-state index contributed by atoms with van der Waals surface area (Å²) >= 11 is 0. The van der Waals surface area contributed by atoms with Crippen LogP contribution in [-0.2, 0) is 6.42 Å². The lowest BCUT2D eigenvalue weighted by atomic mass is 10.00. The quantitative estimate of drug-likeness (QED) is 0.677. The molecule has 1 heterocycles. The summed E-state index contributed by atoms with van der Waals surface area (Å²) < 4.78 is 0. The van der Waals surface area contributed by atoms with Crippen LogP contribution >= 0.6 is 0 Å². The minimum absolute atomic E-state index is 1.20. The highest BCUT2D eigenvalue weighted by Crippen LogP contribution is 2.20. The Morgan fingerprint density at radius 3 is 2.93 bits per heavy atom. The molecule has 0 bridgehead atoms. The molecule has 1 nitrogen and oxygen atoms in total. The molecule has 0 fully saturated rings. The molecule has 1 aromatic carbocycles. The lowest BCUT2D eigenvalue weighted by Crippen LogP contribution is -2.29. The highest BCUT2D eigenvalue weighted by atomic mass is 15.1. The van der Waals surface area contributed by atoms with E-state index in [0.717, 1.165) is 0 Å². The van der Waals surface area contributed by atoms with Gasteiger partial charge in [0.1, 0.15) is 0 Å². The van der Waals surface area contributed by atoms with Crippen LogP contribution in [0, 0.1) is 6.54 Å². The van der Waals surface area contributed by atoms with E-state index < -0.39 is 0 Å². The van der Waals surface area contributed by atoms with Crippen LogP contribution in [0.15, 0.2) is 24.3 Å². The van der Waals surface area contributed by atoms with E-state index >= 15 is 0 Å². The number of nitrogens with zero attached hydrogens (tertiary/aromatic N) is 1. The van der Waals surface area contributed by atoms with Gasteiger partial charge in [0.25, 0.3) is 0 Å². The second-order valence-corrected chi connectivity index (χ2v) is 4.32. The maximum atomic E-state index is 2.47. The zero-order valence-corrected chi connectivity index (χ0v) is 9.58. The van der Waals surface area contributed by atoms with Crippen LogP contribution in [0.1, 0.15) is 37.3 Å². The van der Waals surface area contributed by atoms with Crippen LogP contribution < -0.4 is 0 Å². The van der Waals surface area contributed by atoms with E-state index in [0.29, 0.717) is 0 Å². The predicted molar refractivity (Wildman–Crippen MR) is 64.6 cm³/mol. The minimum Gasteiger partial charge on any atom is -0.294 e. The summed E-state index contributed by atoms with van der Waals surface area (Å²) in [5.41, 5.74) is 2.92. The number of fused-ring (bicyclic) bond motifs is 1. The molecule has 0 amide bonds. The Bertz CT molecular complexity index is 306. The first-order valence-electron chi connectivity index (χ1n) is 6.07. The van der Waals surface area contributed by atoms with Crippen molar-refractivity contribution in [3.63, 3.8) is 0 Å². The number of unbranched alkanes of at least 4 members (excludes halogenated alkanes) is 2. The number of hydrogen-bond donors (Lipinski definition) is 0. The largest absolute Gasteiger partial charge is 0.294 e. The highest BCUT2D eigenvalue weighted by molar-refractivity contribution is 5.34. The van der Waals surface area contributed by atoms with E-state index in [4.69, 9.17) is 0 Å². The molecule has 0 N–H and O–H groups in total. The first kappa shape index (κ1) is 10.7. The maximum Gasteiger partial charge on any atom is 0.0548 e. The molecule has 2 rings (SSSR count). The van der Waals surface area contributed by atoms with Gasteiger partial charge in [0, 0.05) is 6.54 Å². The van der Waals surface area contributed by atoms with E-state index in [1.807, 2.05) is 0 Å². The summed E-state index contributed by atoms with van der Waals surface area (Å²) in [6.07, 6.45) is 5.20. The van der Waals surface area contributed by atoms with Gasteiger partial charge in [0.05, 0.1) is 6.54 Å². The van der Waals surface area contributed by atoms with Gasteiger partial charge in [-0.3, -0.25) is 4.90 Å². The topological polar surface area (TPSA) is 3.24 Å². The maximum absolute atomic E-state index is 2.47. The van der Waals surface area contributed by atoms with Gasteiger partial charge in [-0.05, 0) is 30.5 Å². The Kier molecular flexibility index (Phi) is 3.79. The highest BCUT2D eigenvalue weighted by Gasteiger charge is 2.14. The van der Waals surface area contributed by atoms with Crippen molar-refractivity contribution in [1.82, 2.24) is 4.90 Å². The van der Waals surface area contributed by atoms with E-state index in [1.165, 1.54) is 49.9 Å². The fourth-order valence-electron chi connectivity index (χ4n) is 2.15. The second-order valence-electron chi connectivity index (χ2n) is 4.32. The molecule has 0 unspecified atom stereocenters. The average molecular weight is 202 g/mol. The standard InChI is InChI=1S/C14H20N/c1-2-3-6-10-15-11-9-13-7-4-5-8-14(13)12-15/h4-5,7-8,12H,2-3,6,9-11H2,1H3. The smallest absolute Gasteiger partial charge is 0.0548 e. The first-order valence-corrected chi connectivity index (χ1v) is 6.07. The third-order valence-electron chi connectivity index (χ3n) is 3.09. The molecular weight excluding hydrogens is 182 g/mol. The van der Waals surface area contributed by atoms with Crippen molar-refractivity contribution >= 4 is 0 Å². The van der Waals surface area contributed by atoms with Crippen molar-refractivity contribution in [3.8, 4) is 0 Å². The second kappa shape index (κ2) is 5.32. The SMILES string of the molecule is CCCCCN1[CH]c2ccccc2CC1. The summed E-state index contributed by atoms with van der Waals surface area (Å²) in [5.74, 6) is 0. The number of benzene rings is 1. The Hall–Kier alpha value is -0.820. The zero-order chi connectivity index (χ0) is 10.5. The van der Waals surface area contributed by atoms with Gasteiger partial charge in [0.15, 0.2) is 0 Å². The molecule has 0 atom stereocenters. The molecule has 1 aliphatic heterocycles. The van der Waals surface area contributed by atoms with Gasteiger partial charge in [-0.15, -0.1) is 0 Å². The van der Waals surface area contributed by atoms with Gasteiger partial charge in [-0.2, -0.15) is 0 Å². The Balaban J connectivity index is 1.88. The van der Waals surface area contributed by atoms with Crippen LogP contribution in [0.4, 0.5) is 0 Å². The van der Waals surface area contributed by atoms with Gasteiger partial charge in [-0.1, -0.05) is 44.0 Å². The molecule has 0 saturated carbocycles. The molecule has 0 aromatic heterocycles. The van der Waals surface area contributed by atoms with Gasteiger partial charge >= 0.3 is 0 Å². The van der Waals surface area contributed by atoms with Crippen LogP contribution in [0.5, 0.6) is 0 Å². The van der Waals surface area contributed by atoms with Crippen LogP contribution in [0.3, 0.4) is 0 Å². The Labute approximate surface area is 93.1 Å². The van der Waals surface area contributed by atoms with Crippen molar-refractivity contribution in [2.24, 2.45) is 0 Å². The zero-order valence-electron chi connectivity index (χ0n) is 9.58. The van der Waals surface area contributed by atoms with Crippen LogP contribution in [0.2, 0.25) is 0 Å². The molecule has 1 radical (unpaired) electrons. The Morgan fingerprint density at radius 1 is 1.20 bits per heavy atom. The lowest BCUT2D eigenvalue weighted by Gasteiger charge is -2.27. The minimum atomic E-state index is 1.20. The van der Waals surface area contributed by atoms with Crippen molar-refractivity contribution < 1.29 is 0 Å². The molecule has 81 valence electrons. The molecular formula is C14H20N. The van der Waals surface area contributed by atoms with E-state index in [2.05, 4.69) is 42.6 Å². The fourth-order valence-corrected chi connectivity index (χ4v) is 2.15. The summed E-state index contributed by atoms with van der Waals surface area (Å²) in [6, 6.07) is 8.74. The van der Waals surface area contributed by atoms with E-state index in [9.17, 15) is 0 Å². The molecule has 0 spiro atoms. The third kappa shape index (κ3) is 2.82. The fraction of sp³-hybridized carbons (Fsp3) is 0.500. The Morgan fingerprint density at radius 2 is 2.07 bits per heavy atom. The predicted octanol–water partition coefficient (Wildman–Crippen LogP) is 3.24. The van der Waals surface area contributed by atoms with Gasteiger partial charge in [0.2, 0.25) is 0 Å². The third-order valence-corrected chi connectivity index (χ3v) is 3.09. The monoisotopic (exact) mass is 202 g/mol. The van der Waals surface area contributed by atoms with Crippen LogP contribution in [-0.4, -0.2) is 18.0 Å². The summed E-state index contributed by atoms with van der Waals surface area (Å²) in [6.45, 7) is 7.01. The van der Waals surface area contributed by atoms with Crippen molar-refractivity contribution in [2.45, 2.75) is 32.6 Å². The summed E-state index contributed by atoms with van der Waals surface area (Å²) in [4.78, 5) is 2.47. The van der Waals surface area contributed by atoms with Crippen molar-refractivity contribution in [1.29, 1.82) is 0 Å². The average Bonchev–Trinajstić information content (AvgIpc) is 2.29. The van der Waals surface area contributed by atoms with Gasteiger partial charge < -0.3 is 0 Å². The van der Waals surface area contributed by atoms with Gasteiger partial charge in [-0.25, -0.2) is 0 Å². The summed E-state index contributed by atoms with van der Waals surface area (Å²) in [7, 11) is 0. The normalized spacial score (nSPS) is 16.3. The van der Waals surface area contributed by atoms with E-state index in [1.54, 1.807) is 0 Å². The lowest BCUT2D eigenvalue weighted by molar-refractivity contribution is 0.326. The molecule has 15 heavy (non-hydrogen) atoms. The molecule has 1 heteroatoms. The molecule has 1 aromatic rings. The summed E-state index contributed by atoms with van der Waals surface area (Å²) in [5, 5.41) is 0. The number of hydrogen-bond acceptors (Lipinski definition) is 1. The van der Waals surface area contributed by atoms with Crippen LogP contribution in [0.25, 0.3) is 0 Å². The first-order chi connectivity index (χ1) is 7.40. The van der Waals surface area contributed by atoms with Crippen molar-refractivity contribution in [3.05, 3.63) is 41.9 Å². The number of rotatable bonds is 4. The molecule has 0 aliphatic carbocycles. The molecule has 1 aliphatic rings. The molecule has 0 saturated heterocycles. The van der Waals surface area contributed by atoms with Crippen molar-refractivity contribution in [2.75, 3.05) is 13.1 Å². The van der Waals surface area contributed by atoms with E-state index in [-0.39, 0.29) is 0 Å².